The molecule has 0 saturated carbocycles. The molecule has 1 N–H and O–H groups in total. The van der Waals surface area contributed by atoms with Crippen LogP contribution in [0.2, 0.25) is 0 Å². The largest absolute Gasteiger partial charge is 0.392 e. The maximum atomic E-state index is 11.8. The Morgan fingerprint density at radius 3 is 3.00 bits per heavy atom. The van der Waals surface area contributed by atoms with Crippen molar-refractivity contribution in [3.8, 4) is 0 Å². The van der Waals surface area contributed by atoms with Gasteiger partial charge in [0.2, 0.25) is 0 Å². The number of piperidine rings is 1. The lowest BCUT2D eigenvalue weighted by Crippen LogP contribution is -2.38. The molecule has 0 spiro atoms. The van der Waals surface area contributed by atoms with Gasteiger partial charge in [-0.3, -0.25) is 4.39 Å². The van der Waals surface area contributed by atoms with Gasteiger partial charge in [0.05, 0.1) is 12.8 Å². The molecular weight excluding hydrogens is 145 g/mol. The Balaban J connectivity index is 2.12. The van der Waals surface area contributed by atoms with E-state index >= 15 is 0 Å². The minimum atomic E-state index is -0.243. The standard InChI is InChI=1S/C8H16FNO/c9-4-2-6-10-5-1-3-8(11)7-10/h8,11H,1-7H2/t8-/m0/s1. The molecule has 1 heterocycles. The molecule has 1 rings (SSSR count). The molecule has 1 aliphatic heterocycles. The molecule has 66 valence electrons. The lowest BCUT2D eigenvalue weighted by Gasteiger charge is -2.29. The quantitative estimate of drug-likeness (QED) is 0.662. The topological polar surface area (TPSA) is 23.5 Å². The Hall–Kier alpha value is -0.150. The fourth-order valence-electron chi connectivity index (χ4n) is 1.52. The van der Waals surface area contributed by atoms with E-state index in [9.17, 15) is 9.50 Å². The van der Waals surface area contributed by atoms with E-state index in [2.05, 4.69) is 4.90 Å². The number of aliphatic hydroxyl groups excluding tert-OH is 1. The Kier molecular flexibility index (Phi) is 3.80. The molecular formula is C8H16FNO. The van der Waals surface area contributed by atoms with Crippen LogP contribution in [-0.4, -0.2) is 42.4 Å². The van der Waals surface area contributed by atoms with Crippen molar-refractivity contribution in [1.29, 1.82) is 0 Å². The third kappa shape index (κ3) is 3.16. The zero-order chi connectivity index (χ0) is 8.10. The monoisotopic (exact) mass is 161 g/mol. The molecule has 0 unspecified atom stereocenters. The van der Waals surface area contributed by atoms with Gasteiger partial charge >= 0.3 is 0 Å². The van der Waals surface area contributed by atoms with Crippen molar-refractivity contribution in [2.24, 2.45) is 0 Å². The van der Waals surface area contributed by atoms with E-state index in [4.69, 9.17) is 0 Å². The van der Waals surface area contributed by atoms with Crippen molar-refractivity contribution in [2.75, 3.05) is 26.3 Å². The summed E-state index contributed by atoms with van der Waals surface area (Å²) in [4.78, 5) is 2.13. The normalized spacial score (nSPS) is 27.3. The van der Waals surface area contributed by atoms with Crippen LogP contribution in [-0.2, 0) is 0 Å². The molecule has 0 aromatic heterocycles. The lowest BCUT2D eigenvalue weighted by atomic mass is 10.1. The smallest absolute Gasteiger partial charge is 0.0906 e. The third-order valence-corrected chi connectivity index (χ3v) is 2.09. The number of nitrogens with zero attached hydrogens (tertiary/aromatic N) is 1. The van der Waals surface area contributed by atoms with Gasteiger partial charge in [-0.1, -0.05) is 0 Å². The van der Waals surface area contributed by atoms with Crippen molar-refractivity contribution in [3.05, 3.63) is 0 Å². The fraction of sp³-hybridized carbons (Fsp3) is 1.00. The second kappa shape index (κ2) is 4.67. The van der Waals surface area contributed by atoms with E-state index in [-0.39, 0.29) is 12.8 Å². The van der Waals surface area contributed by atoms with E-state index in [1.807, 2.05) is 0 Å². The average molecular weight is 161 g/mol. The molecule has 0 aromatic rings. The maximum absolute atomic E-state index is 11.8. The number of β-amino-alcohol motifs (C(OH)–C–C–N with tert-alkyl or cyclic N) is 1. The first kappa shape index (κ1) is 8.94. The van der Waals surface area contributed by atoms with Crippen LogP contribution in [0.3, 0.4) is 0 Å². The SMILES string of the molecule is O[C@H]1CCCN(CCCF)C1. The van der Waals surface area contributed by atoms with Gasteiger partial charge in [-0.15, -0.1) is 0 Å². The van der Waals surface area contributed by atoms with Gasteiger partial charge in [0, 0.05) is 13.1 Å². The number of hydrogen-bond acceptors (Lipinski definition) is 2. The molecule has 0 aromatic carbocycles. The van der Waals surface area contributed by atoms with Crippen LogP contribution in [0.1, 0.15) is 19.3 Å². The first-order valence-electron chi connectivity index (χ1n) is 4.29. The second-order valence-electron chi connectivity index (χ2n) is 3.14. The Bertz CT molecular complexity index is 110. The van der Waals surface area contributed by atoms with Crippen LogP contribution in [0.4, 0.5) is 4.39 Å². The van der Waals surface area contributed by atoms with Crippen molar-refractivity contribution in [1.82, 2.24) is 4.90 Å². The van der Waals surface area contributed by atoms with Crippen molar-refractivity contribution in [2.45, 2.75) is 25.4 Å². The number of halogens is 1. The van der Waals surface area contributed by atoms with E-state index < -0.39 is 0 Å². The second-order valence-corrected chi connectivity index (χ2v) is 3.14. The molecule has 11 heavy (non-hydrogen) atoms. The molecule has 0 amide bonds. The molecule has 1 saturated heterocycles. The third-order valence-electron chi connectivity index (χ3n) is 2.09. The van der Waals surface area contributed by atoms with Crippen molar-refractivity contribution in [3.63, 3.8) is 0 Å². The van der Waals surface area contributed by atoms with Gasteiger partial charge in [-0.25, -0.2) is 0 Å². The predicted molar refractivity (Wildman–Crippen MR) is 42.3 cm³/mol. The minimum absolute atomic E-state index is 0.177. The summed E-state index contributed by atoms with van der Waals surface area (Å²) >= 11 is 0. The van der Waals surface area contributed by atoms with E-state index in [0.29, 0.717) is 6.42 Å². The molecule has 1 atom stereocenters. The molecule has 0 aliphatic carbocycles. The van der Waals surface area contributed by atoms with Gasteiger partial charge in [0.1, 0.15) is 0 Å². The number of alkyl halides is 1. The summed E-state index contributed by atoms with van der Waals surface area (Å²) in [6.07, 6.45) is 2.38. The van der Waals surface area contributed by atoms with Crippen molar-refractivity contribution < 1.29 is 9.50 Å². The minimum Gasteiger partial charge on any atom is -0.392 e. The van der Waals surface area contributed by atoms with E-state index in [1.54, 1.807) is 0 Å². The van der Waals surface area contributed by atoms with Crippen LogP contribution in [0.25, 0.3) is 0 Å². The molecule has 0 bridgehead atoms. The van der Waals surface area contributed by atoms with E-state index in [1.165, 1.54) is 0 Å². The summed E-state index contributed by atoms with van der Waals surface area (Å²) in [6.45, 7) is 2.32. The van der Waals surface area contributed by atoms with Gasteiger partial charge in [-0.2, -0.15) is 0 Å². The fourth-order valence-corrected chi connectivity index (χ4v) is 1.52. The Morgan fingerprint density at radius 2 is 2.36 bits per heavy atom. The Morgan fingerprint density at radius 1 is 1.55 bits per heavy atom. The van der Waals surface area contributed by atoms with Crippen LogP contribution < -0.4 is 0 Å². The highest BCUT2D eigenvalue weighted by Crippen LogP contribution is 2.09. The summed E-state index contributed by atoms with van der Waals surface area (Å²) in [5.41, 5.74) is 0. The van der Waals surface area contributed by atoms with Crippen LogP contribution in [0.5, 0.6) is 0 Å². The van der Waals surface area contributed by atoms with Crippen molar-refractivity contribution >= 4 is 0 Å². The summed E-state index contributed by atoms with van der Waals surface area (Å²) in [5.74, 6) is 0. The average Bonchev–Trinajstić information content (AvgIpc) is 2.01. The number of hydrogen-bond donors (Lipinski definition) is 1. The molecule has 1 aliphatic rings. The maximum Gasteiger partial charge on any atom is 0.0906 e. The summed E-state index contributed by atoms with van der Waals surface area (Å²) in [5, 5.41) is 9.24. The zero-order valence-corrected chi connectivity index (χ0v) is 6.80. The van der Waals surface area contributed by atoms with Gasteiger partial charge in [0.25, 0.3) is 0 Å². The highest BCUT2D eigenvalue weighted by molar-refractivity contribution is 4.71. The number of rotatable bonds is 3. The highest BCUT2D eigenvalue weighted by atomic mass is 19.1. The first-order valence-corrected chi connectivity index (χ1v) is 4.29. The predicted octanol–water partition coefficient (Wildman–Crippen LogP) is 0.803. The lowest BCUT2D eigenvalue weighted by molar-refractivity contribution is 0.0691. The number of likely N-dealkylation sites (tertiary alicyclic amines) is 1. The zero-order valence-electron chi connectivity index (χ0n) is 6.80. The van der Waals surface area contributed by atoms with Gasteiger partial charge < -0.3 is 10.0 Å². The van der Waals surface area contributed by atoms with Crippen LogP contribution in [0, 0.1) is 0 Å². The summed E-state index contributed by atoms with van der Waals surface area (Å²) in [6, 6.07) is 0. The van der Waals surface area contributed by atoms with Crippen LogP contribution >= 0.6 is 0 Å². The number of aliphatic hydroxyl groups is 1. The molecule has 1 fully saturated rings. The summed E-state index contributed by atoms with van der Waals surface area (Å²) in [7, 11) is 0. The van der Waals surface area contributed by atoms with Gasteiger partial charge in [0.15, 0.2) is 0 Å². The molecule has 3 heteroatoms. The highest BCUT2D eigenvalue weighted by Gasteiger charge is 2.16. The van der Waals surface area contributed by atoms with E-state index in [0.717, 1.165) is 32.5 Å². The van der Waals surface area contributed by atoms with Crippen LogP contribution in [0.15, 0.2) is 0 Å². The van der Waals surface area contributed by atoms with Gasteiger partial charge in [-0.05, 0) is 25.8 Å². The first-order chi connectivity index (χ1) is 5.33. The summed E-state index contributed by atoms with van der Waals surface area (Å²) < 4.78 is 11.8. The Labute approximate surface area is 67.0 Å². The molecule has 0 radical (unpaired) electrons. The molecule has 2 nitrogen and oxygen atoms in total.